The van der Waals surface area contributed by atoms with Crippen molar-refractivity contribution in [1.82, 2.24) is 5.32 Å². The maximum Gasteiger partial charge on any atom is 0.132 e. The highest BCUT2D eigenvalue weighted by atomic mass is 16.5. The van der Waals surface area contributed by atoms with Gasteiger partial charge in [-0.1, -0.05) is 84.9 Å². The molecule has 7 rings (SSSR count). The Hall–Kier alpha value is -4.08. The molecule has 2 heterocycles. The molecule has 1 aliphatic carbocycles. The van der Waals surface area contributed by atoms with Gasteiger partial charge in [0.2, 0.25) is 0 Å². The Bertz CT molecular complexity index is 1470. The molecule has 0 amide bonds. The van der Waals surface area contributed by atoms with Crippen LogP contribution in [0.4, 0.5) is 0 Å². The van der Waals surface area contributed by atoms with Gasteiger partial charge in [0.05, 0.1) is 5.41 Å². The predicted octanol–water partition coefficient (Wildman–Crippen LogP) is 6.14. The van der Waals surface area contributed by atoms with Gasteiger partial charge < -0.3 is 15.8 Å². The molecule has 0 saturated heterocycles. The first kappa shape index (κ1) is 19.4. The van der Waals surface area contributed by atoms with Crippen LogP contribution in [0.25, 0.3) is 16.7 Å². The lowest BCUT2D eigenvalue weighted by atomic mass is 9.67. The molecule has 0 atom stereocenters. The van der Waals surface area contributed by atoms with E-state index in [1.807, 2.05) is 0 Å². The van der Waals surface area contributed by atoms with Crippen LogP contribution in [0.5, 0.6) is 11.5 Å². The lowest BCUT2D eigenvalue weighted by Gasteiger charge is -2.41. The lowest BCUT2D eigenvalue weighted by Crippen LogP contribution is -2.39. The molecule has 0 saturated carbocycles. The van der Waals surface area contributed by atoms with Crippen LogP contribution in [0.3, 0.4) is 0 Å². The minimum Gasteiger partial charge on any atom is -0.457 e. The van der Waals surface area contributed by atoms with Crippen molar-refractivity contribution in [3.05, 3.63) is 137 Å². The van der Waals surface area contributed by atoms with Crippen LogP contribution in [0.15, 0.2) is 109 Å². The van der Waals surface area contributed by atoms with Crippen molar-refractivity contribution in [3.63, 3.8) is 0 Å². The molecule has 4 aromatic carbocycles. The fraction of sp³-hybridized carbons (Fsp3) is 0.0968. The Morgan fingerprint density at radius 3 is 2.15 bits per heavy atom. The fourth-order valence-corrected chi connectivity index (χ4v) is 5.87. The van der Waals surface area contributed by atoms with Gasteiger partial charge in [0.15, 0.2) is 0 Å². The van der Waals surface area contributed by atoms with Crippen LogP contribution in [-0.4, -0.2) is 6.54 Å². The topological polar surface area (TPSA) is 47.3 Å². The van der Waals surface area contributed by atoms with Gasteiger partial charge in [0, 0.05) is 35.5 Å². The molecule has 0 bridgehead atoms. The van der Waals surface area contributed by atoms with Crippen molar-refractivity contribution in [1.29, 1.82) is 0 Å². The van der Waals surface area contributed by atoms with Crippen LogP contribution in [0.1, 0.15) is 27.8 Å². The van der Waals surface area contributed by atoms with Gasteiger partial charge >= 0.3 is 0 Å². The maximum absolute atomic E-state index is 6.42. The van der Waals surface area contributed by atoms with Gasteiger partial charge in [-0.05, 0) is 46.0 Å². The normalized spacial score (nSPS) is 16.3. The van der Waals surface area contributed by atoms with Crippen molar-refractivity contribution in [3.8, 4) is 22.6 Å². The van der Waals surface area contributed by atoms with Gasteiger partial charge in [-0.25, -0.2) is 0 Å². The molecule has 1 spiro atoms. The number of hydrogen-bond acceptors (Lipinski definition) is 3. The molecule has 3 N–H and O–H groups in total. The van der Waals surface area contributed by atoms with Crippen molar-refractivity contribution in [2.45, 2.75) is 12.0 Å². The molecular formula is C31H24N2O. The monoisotopic (exact) mass is 440 g/mol. The van der Waals surface area contributed by atoms with Crippen LogP contribution in [0, 0.1) is 0 Å². The number of dihydropyridines is 1. The third kappa shape index (κ3) is 2.50. The SMILES string of the molecule is NCc1ccc(-c2ccc3c(c2)C2(C4=C3C=CCN4)c3ccccc3Oc3ccccc32)cc1. The fourth-order valence-electron chi connectivity index (χ4n) is 5.87. The van der Waals surface area contributed by atoms with Crippen molar-refractivity contribution in [2.24, 2.45) is 5.73 Å². The summed E-state index contributed by atoms with van der Waals surface area (Å²) in [5, 5.41) is 3.77. The van der Waals surface area contributed by atoms with E-state index >= 15 is 0 Å². The summed E-state index contributed by atoms with van der Waals surface area (Å²) in [7, 11) is 0. The summed E-state index contributed by atoms with van der Waals surface area (Å²) in [4.78, 5) is 0. The lowest BCUT2D eigenvalue weighted by molar-refractivity contribution is 0.429. The van der Waals surface area contributed by atoms with E-state index in [9.17, 15) is 0 Å². The number of allylic oxidation sites excluding steroid dienone is 3. The minimum absolute atomic E-state index is 0.450. The Kier molecular flexibility index (Phi) is 4.11. The van der Waals surface area contributed by atoms with Crippen LogP contribution in [-0.2, 0) is 12.0 Å². The molecule has 3 nitrogen and oxygen atoms in total. The third-order valence-electron chi connectivity index (χ3n) is 7.36. The standard InChI is InChI=1S/C31H24N2O/c32-19-20-11-13-21(14-12-20)22-15-16-23-24-6-5-17-33-30(24)31(27(23)18-22)25-7-1-3-9-28(25)34-29-10-4-2-8-26(29)31/h1-16,18,33H,17,19,32H2. The molecule has 0 fully saturated rings. The zero-order valence-electron chi connectivity index (χ0n) is 18.7. The Balaban J connectivity index is 1.56. The molecule has 0 aromatic heterocycles. The number of fused-ring (bicyclic) bond motifs is 8. The number of nitrogens with two attached hydrogens (primary N) is 1. The summed E-state index contributed by atoms with van der Waals surface area (Å²) in [5.41, 5.74) is 16.3. The Labute approximate surface area is 199 Å². The van der Waals surface area contributed by atoms with Gasteiger partial charge in [-0.2, -0.15) is 0 Å². The van der Waals surface area contributed by atoms with Crippen LogP contribution >= 0.6 is 0 Å². The molecule has 0 radical (unpaired) electrons. The second-order valence-corrected chi connectivity index (χ2v) is 9.08. The Morgan fingerprint density at radius 1 is 0.765 bits per heavy atom. The molecule has 164 valence electrons. The van der Waals surface area contributed by atoms with Crippen molar-refractivity contribution < 1.29 is 4.74 Å². The van der Waals surface area contributed by atoms with Gasteiger partial charge in [-0.3, -0.25) is 0 Å². The molecule has 34 heavy (non-hydrogen) atoms. The zero-order valence-corrected chi connectivity index (χ0v) is 18.7. The van der Waals surface area contributed by atoms with Gasteiger partial charge in [0.1, 0.15) is 11.5 Å². The molecule has 2 aliphatic heterocycles. The van der Waals surface area contributed by atoms with E-state index in [-0.39, 0.29) is 0 Å². The summed E-state index contributed by atoms with van der Waals surface area (Å²) in [6.45, 7) is 1.36. The predicted molar refractivity (Wildman–Crippen MR) is 137 cm³/mol. The highest BCUT2D eigenvalue weighted by molar-refractivity contribution is 5.93. The molecule has 3 aliphatic rings. The minimum atomic E-state index is -0.450. The number of ether oxygens (including phenoxy) is 1. The van der Waals surface area contributed by atoms with E-state index in [0.29, 0.717) is 6.54 Å². The highest BCUT2D eigenvalue weighted by Crippen LogP contribution is 2.61. The molecule has 4 aromatic rings. The summed E-state index contributed by atoms with van der Waals surface area (Å²) in [6.07, 6.45) is 4.48. The largest absolute Gasteiger partial charge is 0.457 e. The third-order valence-corrected chi connectivity index (χ3v) is 7.36. The summed E-state index contributed by atoms with van der Waals surface area (Å²) in [5.74, 6) is 1.82. The van der Waals surface area contributed by atoms with Gasteiger partial charge in [0.25, 0.3) is 0 Å². The number of rotatable bonds is 2. The maximum atomic E-state index is 6.42. The summed E-state index contributed by atoms with van der Waals surface area (Å²) in [6, 6.07) is 32.4. The zero-order chi connectivity index (χ0) is 22.7. The molecule has 3 heteroatoms. The quantitative estimate of drug-likeness (QED) is 0.394. The average Bonchev–Trinajstić information content (AvgIpc) is 3.19. The summed E-state index contributed by atoms with van der Waals surface area (Å²) >= 11 is 0. The first-order chi connectivity index (χ1) is 16.8. The highest BCUT2D eigenvalue weighted by Gasteiger charge is 2.52. The smallest absolute Gasteiger partial charge is 0.132 e. The van der Waals surface area contributed by atoms with E-state index in [1.54, 1.807) is 0 Å². The van der Waals surface area contributed by atoms with E-state index < -0.39 is 5.41 Å². The van der Waals surface area contributed by atoms with E-state index in [4.69, 9.17) is 10.5 Å². The number of hydrogen-bond donors (Lipinski definition) is 2. The van der Waals surface area contributed by atoms with Crippen LogP contribution in [0.2, 0.25) is 0 Å². The molecule has 0 unspecified atom stereocenters. The first-order valence-electron chi connectivity index (χ1n) is 11.8. The number of para-hydroxylation sites is 2. The Morgan fingerprint density at radius 2 is 1.44 bits per heavy atom. The number of benzene rings is 4. The second kappa shape index (κ2) is 7.21. The molecular weight excluding hydrogens is 416 g/mol. The van der Waals surface area contributed by atoms with E-state index in [0.717, 1.165) is 23.6 Å². The number of nitrogens with one attached hydrogen (secondary N) is 1. The van der Waals surface area contributed by atoms with Crippen molar-refractivity contribution in [2.75, 3.05) is 6.54 Å². The van der Waals surface area contributed by atoms with Crippen molar-refractivity contribution >= 4 is 5.57 Å². The van der Waals surface area contributed by atoms with Gasteiger partial charge in [-0.15, -0.1) is 0 Å². The first-order valence-corrected chi connectivity index (χ1v) is 11.8. The second-order valence-electron chi connectivity index (χ2n) is 9.08. The van der Waals surface area contributed by atoms with E-state index in [1.165, 1.54) is 44.7 Å². The van der Waals surface area contributed by atoms with Crippen LogP contribution < -0.4 is 15.8 Å². The summed E-state index contributed by atoms with van der Waals surface area (Å²) < 4.78 is 6.42. The van der Waals surface area contributed by atoms with E-state index in [2.05, 4.69) is 108 Å². The average molecular weight is 441 g/mol.